The van der Waals surface area contributed by atoms with Gasteiger partial charge < -0.3 is 9.80 Å². The second-order valence-corrected chi connectivity index (χ2v) is 9.19. The van der Waals surface area contributed by atoms with Crippen LogP contribution in [0.3, 0.4) is 0 Å². The fourth-order valence-electron chi connectivity index (χ4n) is 3.04. The van der Waals surface area contributed by atoms with Gasteiger partial charge in [-0.15, -0.1) is 34.4 Å². The number of rotatable bonds is 5. The highest BCUT2D eigenvalue weighted by Gasteiger charge is 2.24. The van der Waals surface area contributed by atoms with Gasteiger partial charge in [0.1, 0.15) is 0 Å². The van der Waals surface area contributed by atoms with E-state index in [1.807, 2.05) is 47.7 Å². The lowest BCUT2D eigenvalue weighted by atomic mass is 10.2. The largest absolute Gasteiger partial charge is 0.345 e. The molecule has 0 atom stereocenters. The maximum absolute atomic E-state index is 13.1. The number of thiazole rings is 2. The fraction of sp³-hybridized carbons (Fsp3) is 0.316. The first kappa shape index (κ1) is 18.5. The predicted molar refractivity (Wildman–Crippen MR) is 113 cm³/mol. The topological polar surface area (TPSA) is 49.3 Å². The number of benzene rings is 1. The number of thioether (sulfide) groups is 1. The number of carbonyl (C=O) groups is 1. The maximum Gasteiger partial charge on any atom is 0.255 e. The average molecular weight is 417 g/mol. The first-order chi connectivity index (χ1) is 13.2. The van der Waals surface area contributed by atoms with Crippen LogP contribution in [0.4, 0.5) is 5.13 Å². The standard InChI is InChI=1S/C19H20N4OS3/c1-14-21-15(12-26-14)13-27-17-5-3-2-4-16(17)18(24)22-7-9-23(10-8-22)19-20-6-11-25-19/h2-6,11-12H,7-10,13H2,1H3. The summed E-state index contributed by atoms with van der Waals surface area (Å²) in [6.07, 6.45) is 1.83. The molecular formula is C19H20N4OS3. The molecule has 0 unspecified atom stereocenters. The van der Waals surface area contributed by atoms with E-state index in [1.54, 1.807) is 34.4 Å². The van der Waals surface area contributed by atoms with E-state index in [9.17, 15) is 4.79 Å². The highest BCUT2D eigenvalue weighted by Crippen LogP contribution is 2.28. The molecule has 0 N–H and O–H groups in total. The van der Waals surface area contributed by atoms with E-state index in [-0.39, 0.29) is 5.91 Å². The van der Waals surface area contributed by atoms with Crippen molar-refractivity contribution in [3.63, 3.8) is 0 Å². The van der Waals surface area contributed by atoms with Gasteiger partial charge in [-0.1, -0.05) is 12.1 Å². The number of aromatic nitrogens is 2. The van der Waals surface area contributed by atoms with Gasteiger partial charge >= 0.3 is 0 Å². The van der Waals surface area contributed by atoms with E-state index in [1.165, 1.54) is 0 Å². The van der Waals surface area contributed by atoms with Crippen molar-refractivity contribution >= 4 is 45.5 Å². The van der Waals surface area contributed by atoms with Gasteiger partial charge in [-0.3, -0.25) is 4.79 Å². The SMILES string of the molecule is Cc1nc(CSc2ccccc2C(=O)N2CCN(c3nccs3)CC2)cs1. The van der Waals surface area contributed by atoms with Crippen LogP contribution in [0, 0.1) is 6.92 Å². The molecule has 0 saturated carbocycles. The summed E-state index contributed by atoms with van der Waals surface area (Å²) in [5, 5.41) is 6.19. The minimum absolute atomic E-state index is 0.117. The molecule has 1 aromatic carbocycles. The van der Waals surface area contributed by atoms with Crippen LogP contribution >= 0.6 is 34.4 Å². The van der Waals surface area contributed by atoms with Crippen molar-refractivity contribution in [1.82, 2.24) is 14.9 Å². The van der Waals surface area contributed by atoms with Crippen molar-refractivity contribution in [2.45, 2.75) is 17.6 Å². The Kier molecular flexibility index (Phi) is 5.75. The third-order valence-corrected chi connectivity index (χ3v) is 7.18. The highest BCUT2D eigenvalue weighted by atomic mass is 32.2. The molecular weight excluding hydrogens is 396 g/mol. The van der Waals surface area contributed by atoms with Gasteiger partial charge in [-0.2, -0.15) is 0 Å². The number of amides is 1. The second kappa shape index (κ2) is 8.41. The zero-order valence-electron chi connectivity index (χ0n) is 15.0. The number of piperazine rings is 1. The van der Waals surface area contributed by atoms with Gasteiger partial charge in [0.25, 0.3) is 5.91 Å². The Balaban J connectivity index is 1.41. The van der Waals surface area contributed by atoms with Gasteiger partial charge in [0.15, 0.2) is 5.13 Å². The second-order valence-electron chi connectivity index (χ2n) is 6.24. The van der Waals surface area contributed by atoms with Crippen molar-refractivity contribution in [2.75, 3.05) is 31.1 Å². The lowest BCUT2D eigenvalue weighted by molar-refractivity contribution is 0.0743. The Bertz CT molecular complexity index is 901. The van der Waals surface area contributed by atoms with Crippen molar-refractivity contribution in [2.24, 2.45) is 0 Å². The van der Waals surface area contributed by atoms with Gasteiger partial charge in [0, 0.05) is 53.8 Å². The monoisotopic (exact) mass is 416 g/mol. The van der Waals surface area contributed by atoms with Crippen LogP contribution in [0.2, 0.25) is 0 Å². The number of aryl methyl sites for hydroxylation is 1. The van der Waals surface area contributed by atoms with Crippen LogP contribution in [0.15, 0.2) is 46.1 Å². The van der Waals surface area contributed by atoms with Crippen LogP contribution in [-0.2, 0) is 5.75 Å². The molecule has 8 heteroatoms. The van der Waals surface area contributed by atoms with E-state index >= 15 is 0 Å². The predicted octanol–water partition coefficient (Wildman–Crippen LogP) is 4.16. The molecule has 3 aromatic rings. The van der Waals surface area contributed by atoms with Crippen molar-refractivity contribution in [1.29, 1.82) is 0 Å². The number of anilines is 1. The third-order valence-electron chi connectivity index (χ3n) is 4.42. The molecule has 1 saturated heterocycles. The van der Waals surface area contributed by atoms with Crippen LogP contribution in [0.25, 0.3) is 0 Å². The molecule has 2 aromatic heterocycles. The Hall–Kier alpha value is -1.90. The zero-order valence-corrected chi connectivity index (χ0v) is 17.4. The molecule has 140 valence electrons. The number of carbonyl (C=O) groups excluding carboxylic acids is 1. The Morgan fingerprint density at radius 2 is 2.00 bits per heavy atom. The van der Waals surface area contributed by atoms with E-state index in [2.05, 4.69) is 20.2 Å². The minimum atomic E-state index is 0.117. The summed E-state index contributed by atoms with van der Waals surface area (Å²) in [7, 11) is 0. The van der Waals surface area contributed by atoms with Crippen LogP contribution in [-0.4, -0.2) is 47.0 Å². The van der Waals surface area contributed by atoms with E-state index in [0.717, 1.165) is 58.2 Å². The molecule has 3 heterocycles. The maximum atomic E-state index is 13.1. The Morgan fingerprint density at radius 1 is 1.19 bits per heavy atom. The van der Waals surface area contributed by atoms with Gasteiger partial charge in [0.2, 0.25) is 0 Å². The molecule has 0 bridgehead atoms. The lowest BCUT2D eigenvalue weighted by Crippen LogP contribution is -2.48. The van der Waals surface area contributed by atoms with E-state index in [0.29, 0.717) is 0 Å². The average Bonchev–Trinajstić information content (AvgIpc) is 3.38. The number of nitrogens with zero attached hydrogens (tertiary/aromatic N) is 4. The lowest BCUT2D eigenvalue weighted by Gasteiger charge is -2.34. The summed E-state index contributed by atoms with van der Waals surface area (Å²) in [5.41, 5.74) is 1.86. The quantitative estimate of drug-likeness (QED) is 0.585. The summed E-state index contributed by atoms with van der Waals surface area (Å²) in [6.45, 7) is 5.12. The molecule has 27 heavy (non-hydrogen) atoms. The Morgan fingerprint density at radius 3 is 2.70 bits per heavy atom. The molecule has 1 amide bonds. The smallest absolute Gasteiger partial charge is 0.255 e. The molecule has 1 aliphatic heterocycles. The van der Waals surface area contributed by atoms with Gasteiger partial charge in [0.05, 0.1) is 16.3 Å². The summed E-state index contributed by atoms with van der Waals surface area (Å²) in [4.78, 5) is 27.2. The van der Waals surface area contributed by atoms with Crippen LogP contribution in [0.1, 0.15) is 21.1 Å². The van der Waals surface area contributed by atoms with Crippen LogP contribution < -0.4 is 4.90 Å². The summed E-state index contributed by atoms with van der Waals surface area (Å²) in [6, 6.07) is 7.90. The highest BCUT2D eigenvalue weighted by molar-refractivity contribution is 7.98. The number of hydrogen-bond acceptors (Lipinski definition) is 7. The van der Waals surface area contributed by atoms with Gasteiger partial charge in [-0.05, 0) is 19.1 Å². The third kappa shape index (κ3) is 4.34. The summed E-state index contributed by atoms with van der Waals surface area (Å²) >= 11 is 4.99. The molecule has 5 nitrogen and oxygen atoms in total. The molecule has 1 fully saturated rings. The number of hydrogen-bond donors (Lipinski definition) is 0. The van der Waals surface area contributed by atoms with Crippen molar-refractivity contribution in [3.05, 3.63) is 57.5 Å². The van der Waals surface area contributed by atoms with Crippen molar-refractivity contribution in [3.8, 4) is 0 Å². The minimum Gasteiger partial charge on any atom is -0.345 e. The molecule has 1 aliphatic rings. The first-order valence-corrected chi connectivity index (χ1v) is 11.5. The summed E-state index contributed by atoms with van der Waals surface area (Å²) in [5.74, 6) is 0.901. The molecule has 0 aliphatic carbocycles. The Labute approximate surface area is 171 Å². The normalized spacial score (nSPS) is 14.6. The first-order valence-electron chi connectivity index (χ1n) is 8.77. The van der Waals surface area contributed by atoms with E-state index in [4.69, 9.17) is 0 Å². The van der Waals surface area contributed by atoms with Gasteiger partial charge in [-0.25, -0.2) is 9.97 Å². The van der Waals surface area contributed by atoms with Crippen LogP contribution in [0.5, 0.6) is 0 Å². The molecule has 0 radical (unpaired) electrons. The van der Waals surface area contributed by atoms with E-state index < -0.39 is 0 Å². The summed E-state index contributed by atoms with van der Waals surface area (Å²) < 4.78 is 0. The zero-order chi connectivity index (χ0) is 18.6. The molecule has 4 rings (SSSR count). The fourth-order valence-corrected chi connectivity index (χ4v) is 5.39. The molecule has 0 spiro atoms. The van der Waals surface area contributed by atoms with Crippen molar-refractivity contribution < 1.29 is 4.79 Å².